The van der Waals surface area contributed by atoms with Crippen LogP contribution in [0.3, 0.4) is 0 Å². The van der Waals surface area contributed by atoms with E-state index in [0.29, 0.717) is 24.1 Å². The highest BCUT2D eigenvalue weighted by molar-refractivity contribution is 6.30. The summed E-state index contributed by atoms with van der Waals surface area (Å²) in [6, 6.07) is 8.17. The molecule has 98 valence electrons. The van der Waals surface area contributed by atoms with Gasteiger partial charge in [0.15, 0.2) is 0 Å². The van der Waals surface area contributed by atoms with E-state index >= 15 is 0 Å². The van der Waals surface area contributed by atoms with Gasteiger partial charge in [0.2, 0.25) is 0 Å². The summed E-state index contributed by atoms with van der Waals surface area (Å²) in [4.78, 5) is 11.6. The second kappa shape index (κ2) is 6.21. The number of esters is 1. The first-order chi connectivity index (χ1) is 8.69. The molecule has 0 aromatic heterocycles. The van der Waals surface area contributed by atoms with E-state index in [1.165, 1.54) is 12.8 Å². The smallest absolute Gasteiger partial charge is 0.307 e. The Labute approximate surface area is 112 Å². The molecule has 1 saturated carbocycles. The topological polar surface area (TPSA) is 38.3 Å². The Hall–Kier alpha value is -1.06. The minimum Gasteiger partial charge on any atom is -0.466 e. The molecule has 1 aromatic carbocycles. The lowest BCUT2D eigenvalue weighted by Crippen LogP contribution is -2.26. The van der Waals surface area contributed by atoms with Crippen LogP contribution in [0.2, 0.25) is 5.02 Å². The maximum atomic E-state index is 11.6. The van der Waals surface area contributed by atoms with Crippen molar-refractivity contribution in [3.8, 4) is 0 Å². The minimum atomic E-state index is -0.171. The monoisotopic (exact) mass is 267 g/mol. The van der Waals surface area contributed by atoms with Crippen LogP contribution in [0.15, 0.2) is 24.3 Å². The first-order valence-electron chi connectivity index (χ1n) is 6.36. The van der Waals surface area contributed by atoms with E-state index in [4.69, 9.17) is 16.3 Å². The fraction of sp³-hybridized carbons (Fsp3) is 0.500. The molecule has 0 heterocycles. The van der Waals surface area contributed by atoms with Gasteiger partial charge in [-0.3, -0.25) is 4.79 Å². The fourth-order valence-electron chi connectivity index (χ4n) is 1.92. The van der Waals surface area contributed by atoms with Gasteiger partial charge in [-0.25, -0.2) is 0 Å². The predicted molar refractivity (Wildman–Crippen MR) is 71.6 cm³/mol. The standard InChI is InChI=1S/C14H18ClNO2/c1-2-18-14(17)9-13(16-12-6-7-12)10-4-3-5-11(15)8-10/h3-5,8,12-13,16H,2,6-7,9H2,1H3. The zero-order chi connectivity index (χ0) is 13.0. The van der Waals surface area contributed by atoms with Gasteiger partial charge in [0.1, 0.15) is 0 Å². The zero-order valence-corrected chi connectivity index (χ0v) is 11.2. The molecule has 2 rings (SSSR count). The summed E-state index contributed by atoms with van der Waals surface area (Å²) in [6.45, 7) is 2.24. The van der Waals surface area contributed by atoms with Crippen molar-refractivity contribution in [2.75, 3.05) is 6.61 Å². The van der Waals surface area contributed by atoms with Gasteiger partial charge in [-0.1, -0.05) is 23.7 Å². The Bertz CT molecular complexity index is 418. The molecule has 0 aliphatic heterocycles. The molecule has 0 spiro atoms. The Morgan fingerprint density at radius 3 is 2.94 bits per heavy atom. The maximum Gasteiger partial charge on any atom is 0.307 e. The second-order valence-electron chi connectivity index (χ2n) is 4.56. The van der Waals surface area contributed by atoms with E-state index < -0.39 is 0 Å². The molecule has 1 atom stereocenters. The number of ether oxygens (including phenoxy) is 1. The lowest BCUT2D eigenvalue weighted by atomic mass is 10.0. The van der Waals surface area contributed by atoms with E-state index in [0.717, 1.165) is 5.56 Å². The van der Waals surface area contributed by atoms with Crippen molar-refractivity contribution in [2.45, 2.75) is 38.3 Å². The minimum absolute atomic E-state index is 0.00440. The first kappa shape index (κ1) is 13.4. The SMILES string of the molecule is CCOC(=O)CC(NC1CC1)c1cccc(Cl)c1. The van der Waals surface area contributed by atoms with Gasteiger partial charge in [-0.15, -0.1) is 0 Å². The molecule has 18 heavy (non-hydrogen) atoms. The van der Waals surface area contributed by atoms with Gasteiger partial charge in [0, 0.05) is 17.1 Å². The second-order valence-corrected chi connectivity index (χ2v) is 4.99. The summed E-state index contributed by atoms with van der Waals surface area (Å²) in [7, 11) is 0. The Balaban J connectivity index is 2.05. The number of carbonyl (C=O) groups is 1. The zero-order valence-electron chi connectivity index (χ0n) is 10.5. The lowest BCUT2D eigenvalue weighted by Gasteiger charge is -2.18. The number of nitrogens with one attached hydrogen (secondary N) is 1. The normalized spacial score (nSPS) is 16.3. The quantitative estimate of drug-likeness (QED) is 0.805. The third kappa shape index (κ3) is 4.00. The maximum absolute atomic E-state index is 11.6. The van der Waals surface area contributed by atoms with Gasteiger partial charge < -0.3 is 10.1 Å². The van der Waals surface area contributed by atoms with Crippen molar-refractivity contribution >= 4 is 17.6 Å². The molecular weight excluding hydrogens is 250 g/mol. The number of halogens is 1. The number of benzene rings is 1. The molecular formula is C14H18ClNO2. The highest BCUT2D eigenvalue weighted by Crippen LogP contribution is 2.27. The molecule has 0 amide bonds. The van der Waals surface area contributed by atoms with Crippen LogP contribution in [-0.4, -0.2) is 18.6 Å². The van der Waals surface area contributed by atoms with Crippen LogP contribution in [0.4, 0.5) is 0 Å². The van der Waals surface area contributed by atoms with Crippen LogP contribution in [0, 0.1) is 0 Å². The van der Waals surface area contributed by atoms with Crippen molar-refractivity contribution in [1.82, 2.24) is 5.32 Å². The summed E-state index contributed by atoms with van der Waals surface area (Å²) < 4.78 is 5.01. The molecule has 0 radical (unpaired) electrons. The van der Waals surface area contributed by atoms with Gasteiger partial charge >= 0.3 is 5.97 Å². The van der Waals surface area contributed by atoms with Crippen LogP contribution in [0.25, 0.3) is 0 Å². The van der Waals surface area contributed by atoms with Crippen LogP contribution < -0.4 is 5.32 Å². The fourth-order valence-corrected chi connectivity index (χ4v) is 2.12. The molecule has 1 aliphatic rings. The summed E-state index contributed by atoms with van der Waals surface area (Å²) in [5.41, 5.74) is 1.04. The summed E-state index contributed by atoms with van der Waals surface area (Å²) in [5.74, 6) is -0.171. The van der Waals surface area contributed by atoms with E-state index in [1.807, 2.05) is 31.2 Å². The Kier molecular flexibility index (Phi) is 4.61. The predicted octanol–water partition coefficient (Wildman–Crippen LogP) is 3.09. The van der Waals surface area contributed by atoms with Crippen LogP contribution in [0.5, 0.6) is 0 Å². The van der Waals surface area contributed by atoms with Gasteiger partial charge in [0.05, 0.1) is 13.0 Å². The van der Waals surface area contributed by atoms with E-state index in [1.54, 1.807) is 0 Å². The van der Waals surface area contributed by atoms with Gasteiger partial charge in [-0.05, 0) is 37.5 Å². The van der Waals surface area contributed by atoms with Crippen molar-refractivity contribution in [3.05, 3.63) is 34.9 Å². The summed E-state index contributed by atoms with van der Waals surface area (Å²) in [5, 5.41) is 4.16. The largest absolute Gasteiger partial charge is 0.466 e. The highest BCUT2D eigenvalue weighted by Gasteiger charge is 2.27. The van der Waals surface area contributed by atoms with Crippen molar-refractivity contribution < 1.29 is 9.53 Å². The first-order valence-corrected chi connectivity index (χ1v) is 6.74. The molecule has 1 N–H and O–H groups in total. The third-order valence-corrected chi connectivity index (χ3v) is 3.18. The molecule has 1 aromatic rings. The van der Waals surface area contributed by atoms with Gasteiger partial charge in [0.25, 0.3) is 0 Å². The van der Waals surface area contributed by atoms with Crippen LogP contribution >= 0.6 is 11.6 Å². The number of carbonyl (C=O) groups excluding carboxylic acids is 1. The molecule has 1 fully saturated rings. The van der Waals surface area contributed by atoms with Crippen molar-refractivity contribution in [2.24, 2.45) is 0 Å². The number of hydrogen-bond donors (Lipinski definition) is 1. The van der Waals surface area contributed by atoms with Crippen LogP contribution in [0.1, 0.15) is 37.8 Å². The van der Waals surface area contributed by atoms with E-state index in [-0.39, 0.29) is 12.0 Å². The molecule has 1 aliphatic carbocycles. The third-order valence-electron chi connectivity index (χ3n) is 2.94. The van der Waals surface area contributed by atoms with E-state index in [9.17, 15) is 4.79 Å². The average Bonchev–Trinajstić information content (AvgIpc) is 3.12. The van der Waals surface area contributed by atoms with E-state index in [2.05, 4.69) is 5.32 Å². The number of rotatable bonds is 6. The summed E-state index contributed by atoms with van der Waals surface area (Å²) in [6.07, 6.45) is 2.71. The lowest BCUT2D eigenvalue weighted by molar-refractivity contribution is -0.143. The average molecular weight is 268 g/mol. The van der Waals surface area contributed by atoms with Crippen molar-refractivity contribution in [3.63, 3.8) is 0 Å². The molecule has 0 saturated heterocycles. The molecule has 3 nitrogen and oxygen atoms in total. The Morgan fingerprint density at radius 1 is 1.56 bits per heavy atom. The van der Waals surface area contributed by atoms with Gasteiger partial charge in [-0.2, -0.15) is 0 Å². The number of hydrogen-bond acceptors (Lipinski definition) is 3. The molecule has 0 bridgehead atoms. The van der Waals surface area contributed by atoms with Crippen molar-refractivity contribution in [1.29, 1.82) is 0 Å². The Morgan fingerprint density at radius 2 is 2.33 bits per heavy atom. The molecule has 1 unspecified atom stereocenters. The molecule has 4 heteroatoms. The van der Waals surface area contributed by atoms with Crippen LogP contribution in [-0.2, 0) is 9.53 Å². The summed E-state index contributed by atoms with van der Waals surface area (Å²) >= 11 is 5.99. The highest BCUT2D eigenvalue weighted by atomic mass is 35.5.